The monoisotopic (exact) mass is 284 g/mol. The SMILES string of the molecule is CC(O)(CNC(=O)NCC1CCCO1)c1ccsc1. The predicted octanol–water partition coefficient (Wildman–Crippen LogP) is 1.43. The molecular formula is C13H20N2O3S. The van der Waals surface area contributed by atoms with Crippen LogP contribution in [0.5, 0.6) is 0 Å². The molecule has 2 unspecified atom stereocenters. The number of aliphatic hydroxyl groups is 1. The van der Waals surface area contributed by atoms with Crippen LogP contribution in [0.1, 0.15) is 25.3 Å². The van der Waals surface area contributed by atoms with Gasteiger partial charge >= 0.3 is 6.03 Å². The molecule has 0 bridgehead atoms. The van der Waals surface area contributed by atoms with Gasteiger partial charge in [-0.25, -0.2) is 4.79 Å². The lowest BCUT2D eigenvalue weighted by Crippen LogP contribution is -2.45. The van der Waals surface area contributed by atoms with Crippen LogP contribution >= 0.6 is 11.3 Å². The Morgan fingerprint density at radius 1 is 1.63 bits per heavy atom. The lowest BCUT2D eigenvalue weighted by atomic mass is 9.99. The van der Waals surface area contributed by atoms with Crippen molar-refractivity contribution in [2.45, 2.75) is 31.5 Å². The van der Waals surface area contributed by atoms with Gasteiger partial charge in [0.2, 0.25) is 0 Å². The summed E-state index contributed by atoms with van der Waals surface area (Å²) in [5.74, 6) is 0. The second-order valence-electron chi connectivity index (χ2n) is 4.98. The summed E-state index contributed by atoms with van der Waals surface area (Å²) in [4.78, 5) is 11.6. The molecule has 1 fully saturated rings. The minimum Gasteiger partial charge on any atom is -0.384 e. The van der Waals surface area contributed by atoms with Crippen LogP contribution in [0.25, 0.3) is 0 Å². The number of nitrogens with one attached hydrogen (secondary N) is 2. The molecule has 0 saturated carbocycles. The van der Waals surface area contributed by atoms with Crippen LogP contribution in [0.2, 0.25) is 0 Å². The first-order valence-electron chi connectivity index (χ1n) is 6.46. The van der Waals surface area contributed by atoms with Crippen LogP contribution in [-0.2, 0) is 10.3 Å². The van der Waals surface area contributed by atoms with Crippen molar-refractivity contribution < 1.29 is 14.6 Å². The second kappa shape index (κ2) is 6.36. The number of amides is 2. The van der Waals surface area contributed by atoms with E-state index in [1.807, 2.05) is 16.8 Å². The molecule has 1 aliphatic rings. The molecule has 19 heavy (non-hydrogen) atoms. The highest BCUT2D eigenvalue weighted by molar-refractivity contribution is 7.08. The molecule has 1 aromatic rings. The Balaban J connectivity index is 1.70. The summed E-state index contributed by atoms with van der Waals surface area (Å²) in [6.45, 7) is 3.17. The molecule has 6 heteroatoms. The number of carbonyl (C=O) groups is 1. The van der Waals surface area contributed by atoms with Gasteiger partial charge in [0.25, 0.3) is 0 Å². The van der Waals surface area contributed by atoms with E-state index < -0.39 is 5.60 Å². The van der Waals surface area contributed by atoms with Crippen LogP contribution in [0.4, 0.5) is 4.79 Å². The third-order valence-electron chi connectivity index (χ3n) is 3.25. The van der Waals surface area contributed by atoms with Crippen molar-refractivity contribution in [1.82, 2.24) is 10.6 Å². The Morgan fingerprint density at radius 2 is 2.47 bits per heavy atom. The Kier molecular flexibility index (Phi) is 4.79. The van der Waals surface area contributed by atoms with Crippen LogP contribution in [0.15, 0.2) is 16.8 Å². The number of ether oxygens (including phenoxy) is 1. The highest BCUT2D eigenvalue weighted by Crippen LogP contribution is 2.21. The van der Waals surface area contributed by atoms with E-state index in [2.05, 4.69) is 10.6 Å². The first-order chi connectivity index (χ1) is 9.08. The third kappa shape index (κ3) is 4.19. The largest absolute Gasteiger partial charge is 0.384 e. The van der Waals surface area contributed by atoms with Gasteiger partial charge in [0.15, 0.2) is 0 Å². The zero-order chi connectivity index (χ0) is 13.7. The van der Waals surface area contributed by atoms with Crippen molar-refractivity contribution in [3.05, 3.63) is 22.4 Å². The van der Waals surface area contributed by atoms with Crippen molar-refractivity contribution in [3.8, 4) is 0 Å². The Morgan fingerprint density at radius 3 is 3.11 bits per heavy atom. The average molecular weight is 284 g/mol. The predicted molar refractivity (Wildman–Crippen MR) is 74.3 cm³/mol. The van der Waals surface area contributed by atoms with Crippen LogP contribution < -0.4 is 10.6 Å². The number of rotatable bonds is 5. The standard InChI is InChI=1S/C13H20N2O3S/c1-13(17,10-4-6-19-8-10)9-15-12(16)14-7-11-3-2-5-18-11/h4,6,8,11,17H,2-3,5,7,9H2,1H3,(H2,14,15,16). The van der Waals surface area contributed by atoms with E-state index in [-0.39, 0.29) is 18.7 Å². The zero-order valence-electron chi connectivity index (χ0n) is 11.0. The van der Waals surface area contributed by atoms with Gasteiger partial charge in [-0.1, -0.05) is 0 Å². The van der Waals surface area contributed by atoms with Crippen LogP contribution in [0.3, 0.4) is 0 Å². The summed E-state index contributed by atoms with van der Waals surface area (Å²) in [6, 6.07) is 1.59. The van der Waals surface area contributed by atoms with E-state index in [0.717, 1.165) is 25.0 Å². The Bertz CT molecular complexity index is 400. The average Bonchev–Trinajstić information content (AvgIpc) is 3.06. The van der Waals surface area contributed by atoms with Crippen molar-refractivity contribution in [2.24, 2.45) is 0 Å². The molecule has 5 nitrogen and oxygen atoms in total. The van der Waals surface area contributed by atoms with E-state index >= 15 is 0 Å². The summed E-state index contributed by atoms with van der Waals surface area (Å²) in [7, 11) is 0. The van der Waals surface area contributed by atoms with E-state index in [4.69, 9.17) is 4.74 Å². The molecule has 3 N–H and O–H groups in total. The fourth-order valence-electron chi connectivity index (χ4n) is 2.00. The normalized spacial score (nSPS) is 21.9. The van der Waals surface area contributed by atoms with Crippen molar-refractivity contribution in [1.29, 1.82) is 0 Å². The van der Waals surface area contributed by atoms with E-state index in [0.29, 0.717) is 6.54 Å². The van der Waals surface area contributed by atoms with Gasteiger partial charge in [0.05, 0.1) is 12.6 Å². The Labute approximate surface area is 117 Å². The van der Waals surface area contributed by atoms with Crippen molar-refractivity contribution in [3.63, 3.8) is 0 Å². The number of hydrogen-bond acceptors (Lipinski definition) is 4. The van der Waals surface area contributed by atoms with Gasteiger partial charge in [0.1, 0.15) is 5.60 Å². The molecule has 0 spiro atoms. The number of urea groups is 1. The van der Waals surface area contributed by atoms with Gasteiger partial charge in [-0.2, -0.15) is 11.3 Å². The maximum Gasteiger partial charge on any atom is 0.314 e. The van der Waals surface area contributed by atoms with E-state index in [9.17, 15) is 9.90 Å². The number of thiophene rings is 1. The number of hydrogen-bond donors (Lipinski definition) is 3. The minimum absolute atomic E-state index is 0.128. The molecule has 1 saturated heterocycles. The Hall–Kier alpha value is -1.11. The van der Waals surface area contributed by atoms with Gasteiger partial charge in [0, 0.05) is 13.2 Å². The van der Waals surface area contributed by atoms with Crippen LogP contribution in [-0.4, -0.2) is 36.9 Å². The van der Waals surface area contributed by atoms with Gasteiger partial charge < -0.3 is 20.5 Å². The summed E-state index contributed by atoms with van der Waals surface area (Å²) >= 11 is 1.52. The summed E-state index contributed by atoms with van der Waals surface area (Å²) < 4.78 is 5.42. The lowest BCUT2D eigenvalue weighted by Gasteiger charge is -2.23. The summed E-state index contributed by atoms with van der Waals surface area (Å²) in [5.41, 5.74) is -0.224. The second-order valence-corrected chi connectivity index (χ2v) is 5.76. The fraction of sp³-hybridized carbons (Fsp3) is 0.615. The molecular weight excluding hydrogens is 264 g/mol. The van der Waals surface area contributed by atoms with Crippen molar-refractivity contribution in [2.75, 3.05) is 19.7 Å². The topological polar surface area (TPSA) is 70.6 Å². The molecule has 0 radical (unpaired) electrons. The molecule has 2 atom stereocenters. The van der Waals surface area contributed by atoms with Gasteiger partial charge in [-0.15, -0.1) is 0 Å². The van der Waals surface area contributed by atoms with Crippen LogP contribution in [0, 0.1) is 0 Å². The lowest BCUT2D eigenvalue weighted by molar-refractivity contribution is 0.0595. The minimum atomic E-state index is -1.04. The van der Waals surface area contributed by atoms with Gasteiger partial charge in [-0.05, 0) is 42.2 Å². The maximum absolute atomic E-state index is 11.6. The smallest absolute Gasteiger partial charge is 0.314 e. The molecule has 1 aliphatic heterocycles. The fourth-order valence-corrected chi connectivity index (χ4v) is 2.78. The number of carbonyl (C=O) groups excluding carboxylic acids is 1. The molecule has 2 heterocycles. The summed E-state index contributed by atoms with van der Waals surface area (Å²) in [6.07, 6.45) is 2.18. The maximum atomic E-state index is 11.6. The van der Waals surface area contributed by atoms with E-state index in [1.165, 1.54) is 11.3 Å². The van der Waals surface area contributed by atoms with Crippen molar-refractivity contribution >= 4 is 17.4 Å². The molecule has 0 aromatic carbocycles. The third-order valence-corrected chi connectivity index (χ3v) is 3.93. The quantitative estimate of drug-likeness (QED) is 0.766. The molecule has 2 rings (SSSR count). The van der Waals surface area contributed by atoms with E-state index in [1.54, 1.807) is 6.92 Å². The first kappa shape index (κ1) is 14.3. The highest BCUT2D eigenvalue weighted by Gasteiger charge is 2.24. The molecule has 106 valence electrons. The molecule has 2 amide bonds. The van der Waals surface area contributed by atoms with Gasteiger partial charge in [-0.3, -0.25) is 0 Å². The first-order valence-corrected chi connectivity index (χ1v) is 7.40. The zero-order valence-corrected chi connectivity index (χ0v) is 11.8. The highest BCUT2D eigenvalue weighted by atomic mass is 32.1. The summed E-state index contributed by atoms with van der Waals surface area (Å²) in [5, 5.41) is 19.5. The molecule has 1 aromatic heterocycles. The molecule has 0 aliphatic carbocycles.